The molecule has 1 aromatic carbocycles. The molecule has 0 saturated carbocycles. The number of aromatic nitrogens is 3. The maximum atomic E-state index is 13.0. The molecule has 3 aromatic heterocycles. The second-order valence-corrected chi connectivity index (χ2v) is 8.04. The molecule has 1 amide bonds. The van der Waals surface area contributed by atoms with Crippen molar-refractivity contribution in [2.24, 2.45) is 0 Å². The van der Waals surface area contributed by atoms with Gasteiger partial charge in [-0.15, -0.1) is 0 Å². The van der Waals surface area contributed by atoms with E-state index >= 15 is 0 Å². The van der Waals surface area contributed by atoms with Crippen LogP contribution in [0, 0.1) is 13.8 Å². The minimum atomic E-state index is -0.957. The quantitative estimate of drug-likeness (QED) is 0.451. The summed E-state index contributed by atoms with van der Waals surface area (Å²) in [5, 5.41) is 13.9. The molecule has 0 aliphatic rings. The molecule has 166 valence electrons. The molecule has 1 unspecified atom stereocenters. The lowest BCUT2D eigenvalue weighted by atomic mass is 9.97. The molecule has 0 bridgehead atoms. The fraction of sp³-hybridized carbons (Fsp3) is 0.185. The van der Waals surface area contributed by atoms with Crippen molar-refractivity contribution < 1.29 is 9.90 Å². The first-order chi connectivity index (χ1) is 16.0. The average Bonchev–Trinajstić information content (AvgIpc) is 2.85. The van der Waals surface area contributed by atoms with E-state index in [1.54, 1.807) is 36.7 Å². The van der Waals surface area contributed by atoms with Crippen LogP contribution in [0.15, 0.2) is 79.3 Å². The van der Waals surface area contributed by atoms with Crippen molar-refractivity contribution in [3.8, 4) is 11.3 Å². The van der Waals surface area contributed by atoms with E-state index in [2.05, 4.69) is 20.3 Å². The maximum absolute atomic E-state index is 13.0. The fourth-order valence-corrected chi connectivity index (χ4v) is 3.50. The minimum absolute atomic E-state index is 0.210. The van der Waals surface area contributed by atoms with Crippen LogP contribution in [0.5, 0.6) is 0 Å². The summed E-state index contributed by atoms with van der Waals surface area (Å²) in [6.45, 7) is 4.40. The van der Waals surface area contributed by atoms with Gasteiger partial charge < -0.3 is 10.4 Å². The summed E-state index contributed by atoms with van der Waals surface area (Å²) < 4.78 is 0. The van der Waals surface area contributed by atoms with E-state index in [9.17, 15) is 9.90 Å². The predicted molar refractivity (Wildman–Crippen MR) is 128 cm³/mol. The van der Waals surface area contributed by atoms with Gasteiger partial charge in [-0.05, 0) is 79.4 Å². The number of nitrogens with one attached hydrogen (secondary N) is 1. The van der Waals surface area contributed by atoms with E-state index in [0.29, 0.717) is 29.8 Å². The smallest absolute Gasteiger partial charge is 0.251 e. The summed E-state index contributed by atoms with van der Waals surface area (Å²) in [4.78, 5) is 26.0. The number of hydrogen-bond acceptors (Lipinski definition) is 5. The molecule has 0 fully saturated rings. The Labute approximate surface area is 193 Å². The maximum Gasteiger partial charge on any atom is 0.251 e. The highest BCUT2D eigenvalue weighted by molar-refractivity contribution is 5.95. The van der Waals surface area contributed by atoms with Gasteiger partial charge in [-0.25, -0.2) is 0 Å². The molecule has 3 heterocycles. The van der Waals surface area contributed by atoms with Gasteiger partial charge in [0.2, 0.25) is 0 Å². The van der Waals surface area contributed by atoms with Crippen molar-refractivity contribution in [1.29, 1.82) is 0 Å². The zero-order valence-electron chi connectivity index (χ0n) is 18.7. The van der Waals surface area contributed by atoms with Crippen molar-refractivity contribution in [1.82, 2.24) is 20.3 Å². The molecule has 6 heteroatoms. The van der Waals surface area contributed by atoms with Crippen LogP contribution in [-0.2, 0) is 6.42 Å². The second kappa shape index (κ2) is 10.1. The third-order valence-corrected chi connectivity index (χ3v) is 5.38. The third kappa shape index (κ3) is 5.67. The number of aliphatic hydroxyl groups is 1. The first-order valence-corrected chi connectivity index (χ1v) is 10.9. The Bertz CT molecular complexity index is 1220. The van der Waals surface area contributed by atoms with Crippen LogP contribution in [0.3, 0.4) is 0 Å². The molecule has 0 spiro atoms. The fourth-order valence-electron chi connectivity index (χ4n) is 3.50. The number of aryl methyl sites for hydroxylation is 2. The first kappa shape index (κ1) is 22.3. The number of benzene rings is 1. The molecule has 1 atom stereocenters. The van der Waals surface area contributed by atoms with Gasteiger partial charge in [-0.1, -0.05) is 18.2 Å². The molecule has 4 aromatic rings. The number of aliphatic hydroxyl groups excluding tert-OH is 1. The predicted octanol–water partition coefficient (Wildman–Crippen LogP) is 4.21. The summed E-state index contributed by atoms with van der Waals surface area (Å²) in [6, 6.07) is 18.6. The second-order valence-electron chi connectivity index (χ2n) is 8.04. The van der Waals surface area contributed by atoms with Crippen LogP contribution in [0.2, 0.25) is 0 Å². The molecule has 0 aliphatic heterocycles. The lowest BCUT2D eigenvalue weighted by Gasteiger charge is -2.15. The molecule has 4 rings (SSSR count). The summed E-state index contributed by atoms with van der Waals surface area (Å²) in [5.41, 5.74) is 6.12. The zero-order valence-corrected chi connectivity index (χ0v) is 18.7. The van der Waals surface area contributed by atoms with Gasteiger partial charge in [0, 0.05) is 42.0 Å². The standard InChI is InChI=1S/C27H26N4O2/c1-18-6-9-24(31-16-18)21-13-22(26(32)25-5-3-4-11-28-25)15-23(14-21)27(33)29-12-10-20-8-7-19(2)30-17-20/h3-9,11,13-17,26,32H,10,12H2,1-2H3,(H,29,33). The number of carbonyl (C=O) groups is 1. The molecule has 2 N–H and O–H groups in total. The largest absolute Gasteiger partial charge is 0.382 e. The van der Waals surface area contributed by atoms with Gasteiger partial charge in [0.1, 0.15) is 6.10 Å². The van der Waals surface area contributed by atoms with Gasteiger partial charge in [-0.2, -0.15) is 0 Å². The Morgan fingerprint density at radius 1 is 0.970 bits per heavy atom. The molecule has 6 nitrogen and oxygen atoms in total. The number of nitrogens with zero attached hydrogens (tertiary/aromatic N) is 3. The highest BCUT2D eigenvalue weighted by atomic mass is 16.3. The molecule has 0 radical (unpaired) electrons. The Balaban J connectivity index is 1.60. The average molecular weight is 439 g/mol. The zero-order chi connectivity index (χ0) is 23.2. The number of amides is 1. The van der Waals surface area contributed by atoms with E-state index in [-0.39, 0.29) is 5.91 Å². The normalized spacial score (nSPS) is 11.7. The van der Waals surface area contributed by atoms with Gasteiger partial charge >= 0.3 is 0 Å². The molecule has 0 saturated heterocycles. The van der Waals surface area contributed by atoms with Crippen LogP contribution in [0.25, 0.3) is 11.3 Å². The van der Waals surface area contributed by atoms with E-state index in [1.807, 2.05) is 56.4 Å². The Hall–Kier alpha value is -3.90. The van der Waals surface area contributed by atoms with Crippen molar-refractivity contribution in [3.63, 3.8) is 0 Å². The van der Waals surface area contributed by atoms with Crippen LogP contribution >= 0.6 is 0 Å². The Morgan fingerprint density at radius 3 is 2.55 bits per heavy atom. The van der Waals surface area contributed by atoms with Gasteiger partial charge in [-0.3, -0.25) is 19.7 Å². The summed E-state index contributed by atoms with van der Waals surface area (Å²) >= 11 is 0. The van der Waals surface area contributed by atoms with Crippen molar-refractivity contribution in [2.75, 3.05) is 6.54 Å². The van der Waals surface area contributed by atoms with Crippen molar-refractivity contribution >= 4 is 5.91 Å². The molecular formula is C27H26N4O2. The highest BCUT2D eigenvalue weighted by Gasteiger charge is 2.17. The number of pyridine rings is 3. The molecule has 0 aliphatic carbocycles. The van der Waals surface area contributed by atoms with Crippen LogP contribution in [0.1, 0.15) is 44.5 Å². The number of carbonyl (C=O) groups excluding carboxylic acids is 1. The van der Waals surface area contributed by atoms with Gasteiger partial charge in [0.05, 0.1) is 11.4 Å². The van der Waals surface area contributed by atoms with Gasteiger partial charge in [0.15, 0.2) is 0 Å². The Morgan fingerprint density at radius 2 is 1.85 bits per heavy atom. The summed E-state index contributed by atoms with van der Waals surface area (Å²) in [5.74, 6) is -0.210. The topological polar surface area (TPSA) is 88.0 Å². The Kier molecular flexibility index (Phi) is 6.86. The van der Waals surface area contributed by atoms with Gasteiger partial charge in [0.25, 0.3) is 5.91 Å². The van der Waals surface area contributed by atoms with E-state index in [1.165, 1.54) is 0 Å². The monoisotopic (exact) mass is 438 g/mol. The first-order valence-electron chi connectivity index (χ1n) is 10.9. The molecule has 33 heavy (non-hydrogen) atoms. The van der Waals surface area contributed by atoms with Crippen LogP contribution < -0.4 is 5.32 Å². The highest BCUT2D eigenvalue weighted by Crippen LogP contribution is 2.27. The van der Waals surface area contributed by atoms with Crippen LogP contribution in [0.4, 0.5) is 0 Å². The number of hydrogen-bond donors (Lipinski definition) is 2. The van der Waals surface area contributed by atoms with Crippen molar-refractivity contribution in [3.05, 3.63) is 113 Å². The number of rotatable bonds is 7. The lowest BCUT2D eigenvalue weighted by molar-refractivity contribution is 0.0954. The lowest BCUT2D eigenvalue weighted by Crippen LogP contribution is -2.26. The van der Waals surface area contributed by atoms with E-state index in [0.717, 1.165) is 28.1 Å². The van der Waals surface area contributed by atoms with E-state index < -0.39 is 6.10 Å². The van der Waals surface area contributed by atoms with E-state index in [4.69, 9.17) is 0 Å². The minimum Gasteiger partial charge on any atom is -0.382 e. The summed E-state index contributed by atoms with van der Waals surface area (Å²) in [7, 11) is 0. The van der Waals surface area contributed by atoms with Crippen LogP contribution in [-0.4, -0.2) is 32.5 Å². The molecular weight excluding hydrogens is 412 g/mol. The van der Waals surface area contributed by atoms with Crippen molar-refractivity contribution in [2.45, 2.75) is 26.4 Å². The SMILES string of the molecule is Cc1ccc(-c2cc(C(=O)NCCc3ccc(C)nc3)cc(C(O)c3ccccn3)c2)nc1. The summed E-state index contributed by atoms with van der Waals surface area (Å²) in [6.07, 6.45) is 4.97. The third-order valence-electron chi connectivity index (χ3n) is 5.38.